The topological polar surface area (TPSA) is 75.4 Å². The highest BCUT2D eigenvalue weighted by Crippen LogP contribution is 2.48. The maximum atomic E-state index is 13.7. The molecule has 1 saturated carbocycles. The molecule has 2 aliphatic rings. The van der Waals surface area contributed by atoms with Gasteiger partial charge in [0.1, 0.15) is 11.5 Å². The van der Waals surface area contributed by atoms with E-state index in [0.29, 0.717) is 40.6 Å². The Morgan fingerprint density at radius 2 is 1.85 bits per heavy atom. The zero-order valence-corrected chi connectivity index (χ0v) is 18.9. The van der Waals surface area contributed by atoms with Crippen LogP contribution in [0.25, 0.3) is 22.2 Å². The molecule has 0 bridgehead atoms. The van der Waals surface area contributed by atoms with Crippen LogP contribution in [-0.2, 0) is 0 Å². The predicted octanol–water partition coefficient (Wildman–Crippen LogP) is 4.84. The summed E-state index contributed by atoms with van der Waals surface area (Å²) in [7, 11) is 0. The Morgan fingerprint density at radius 1 is 1.03 bits per heavy atom. The molecule has 170 valence electrons. The smallest absolute Gasteiger partial charge is 0.258 e. The Hall–Kier alpha value is -3.93. The number of carbonyl (C=O) groups is 2. The molecule has 2 amide bonds. The number of aryl methyl sites for hydroxylation is 1. The summed E-state index contributed by atoms with van der Waals surface area (Å²) < 4.78 is 5.94. The highest BCUT2D eigenvalue weighted by atomic mass is 16.3. The van der Waals surface area contributed by atoms with Gasteiger partial charge in [0.2, 0.25) is 0 Å². The summed E-state index contributed by atoms with van der Waals surface area (Å²) in [6, 6.07) is 21.2. The van der Waals surface area contributed by atoms with Gasteiger partial charge in [-0.25, -0.2) is 0 Å². The molecule has 0 radical (unpaired) electrons. The summed E-state index contributed by atoms with van der Waals surface area (Å²) in [6.45, 7) is 2.28. The van der Waals surface area contributed by atoms with Crippen LogP contribution < -0.4 is 5.32 Å². The number of carbonyl (C=O) groups excluding carboxylic acids is 2. The quantitative estimate of drug-likeness (QED) is 0.471. The summed E-state index contributed by atoms with van der Waals surface area (Å²) in [5, 5.41) is 3.99. The van der Waals surface area contributed by atoms with E-state index in [1.165, 1.54) is 0 Å². The summed E-state index contributed by atoms with van der Waals surface area (Å²) in [4.78, 5) is 33.1. The van der Waals surface area contributed by atoms with Gasteiger partial charge in [-0.2, -0.15) is 0 Å². The number of para-hydroxylation sites is 1. The fourth-order valence-electron chi connectivity index (χ4n) is 5.27. The molecule has 6 nitrogen and oxygen atoms in total. The van der Waals surface area contributed by atoms with E-state index in [-0.39, 0.29) is 23.9 Å². The van der Waals surface area contributed by atoms with E-state index in [0.717, 1.165) is 23.8 Å². The molecule has 34 heavy (non-hydrogen) atoms. The monoisotopic (exact) mass is 451 g/mol. The summed E-state index contributed by atoms with van der Waals surface area (Å²) >= 11 is 0. The average Bonchev–Trinajstić information content (AvgIpc) is 3.36. The third-order valence-electron chi connectivity index (χ3n) is 6.94. The molecule has 2 aromatic heterocycles. The van der Waals surface area contributed by atoms with Crippen molar-refractivity contribution in [1.29, 1.82) is 0 Å². The van der Waals surface area contributed by atoms with Crippen LogP contribution in [0.5, 0.6) is 0 Å². The lowest BCUT2D eigenvalue weighted by molar-refractivity contribution is 0.0689. The highest BCUT2D eigenvalue weighted by molar-refractivity contribution is 6.05. The number of nitrogens with zero attached hydrogens (tertiary/aromatic N) is 2. The van der Waals surface area contributed by atoms with E-state index >= 15 is 0 Å². The molecular formula is C28H25N3O3. The summed E-state index contributed by atoms with van der Waals surface area (Å²) in [5.74, 6) is 1.64. The molecule has 3 atom stereocenters. The third kappa shape index (κ3) is 3.55. The van der Waals surface area contributed by atoms with Crippen molar-refractivity contribution in [2.24, 2.45) is 5.92 Å². The zero-order chi connectivity index (χ0) is 23.2. The molecular weight excluding hydrogens is 426 g/mol. The Balaban J connectivity index is 1.23. The van der Waals surface area contributed by atoms with Crippen LogP contribution in [0.4, 0.5) is 0 Å². The fourth-order valence-corrected chi connectivity index (χ4v) is 5.27. The summed E-state index contributed by atoms with van der Waals surface area (Å²) in [5.41, 5.74) is 2.71. The number of hydrogen-bond acceptors (Lipinski definition) is 4. The van der Waals surface area contributed by atoms with E-state index in [4.69, 9.17) is 4.42 Å². The first-order chi connectivity index (χ1) is 16.6. The van der Waals surface area contributed by atoms with Crippen molar-refractivity contribution >= 4 is 22.7 Å². The van der Waals surface area contributed by atoms with Crippen molar-refractivity contribution in [2.75, 3.05) is 6.54 Å². The van der Waals surface area contributed by atoms with Gasteiger partial charge >= 0.3 is 0 Å². The largest absolute Gasteiger partial charge is 0.461 e. The van der Waals surface area contributed by atoms with Crippen molar-refractivity contribution in [2.45, 2.75) is 31.8 Å². The fraction of sp³-hybridized carbons (Fsp3) is 0.250. The maximum Gasteiger partial charge on any atom is 0.258 e. The van der Waals surface area contributed by atoms with Gasteiger partial charge < -0.3 is 14.6 Å². The van der Waals surface area contributed by atoms with E-state index in [1.807, 2.05) is 72.5 Å². The first-order valence-corrected chi connectivity index (χ1v) is 11.7. The minimum absolute atomic E-state index is 0.0215. The second kappa shape index (κ2) is 8.13. The van der Waals surface area contributed by atoms with Crippen molar-refractivity contribution in [3.05, 3.63) is 89.8 Å². The van der Waals surface area contributed by atoms with Crippen LogP contribution in [0.1, 0.15) is 39.3 Å². The van der Waals surface area contributed by atoms with Gasteiger partial charge in [0.15, 0.2) is 0 Å². The first kappa shape index (κ1) is 20.7. The van der Waals surface area contributed by atoms with Crippen LogP contribution in [0.2, 0.25) is 0 Å². The second-order valence-electron chi connectivity index (χ2n) is 9.22. The van der Waals surface area contributed by atoms with Gasteiger partial charge in [-0.1, -0.05) is 48.5 Å². The van der Waals surface area contributed by atoms with E-state index < -0.39 is 0 Å². The van der Waals surface area contributed by atoms with Gasteiger partial charge in [-0.15, -0.1) is 0 Å². The first-order valence-electron chi connectivity index (χ1n) is 11.7. The van der Waals surface area contributed by atoms with E-state index in [1.54, 1.807) is 12.3 Å². The van der Waals surface area contributed by atoms with Crippen molar-refractivity contribution in [3.63, 3.8) is 0 Å². The Kier molecular flexibility index (Phi) is 4.94. The van der Waals surface area contributed by atoms with Crippen LogP contribution in [0.3, 0.4) is 0 Å². The number of fused-ring (bicyclic) bond motifs is 2. The standard InChI is InChI=1S/C28H25N3O3/c1-17-13-23(26(34-17)19-7-3-2-4-8-19)28(33)31-21(14-20-15-24(20)31)16-30-27(32)22-11-5-9-18-10-6-12-29-25(18)22/h2-13,20-21,24H,14-16H2,1H3,(H,30,32)/t20-,21+,24+/m1/s1. The van der Waals surface area contributed by atoms with Crippen LogP contribution >= 0.6 is 0 Å². The number of rotatable bonds is 5. The normalized spacial score (nSPS) is 20.9. The van der Waals surface area contributed by atoms with Gasteiger partial charge in [-0.3, -0.25) is 14.6 Å². The Labute approximate surface area is 197 Å². The molecule has 1 N–H and O–H groups in total. The predicted molar refractivity (Wildman–Crippen MR) is 129 cm³/mol. The minimum Gasteiger partial charge on any atom is -0.461 e. The number of likely N-dealkylation sites (tertiary alicyclic amines) is 1. The number of pyridine rings is 1. The van der Waals surface area contributed by atoms with Crippen LogP contribution in [0.15, 0.2) is 77.3 Å². The minimum atomic E-state index is -0.165. The molecule has 0 spiro atoms. The lowest BCUT2D eigenvalue weighted by Gasteiger charge is -2.28. The Morgan fingerprint density at radius 3 is 2.71 bits per heavy atom. The number of aromatic nitrogens is 1. The van der Waals surface area contributed by atoms with Crippen LogP contribution in [0, 0.1) is 12.8 Å². The molecule has 0 unspecified atom stereocenters. The third-order valence-corrected chi connectivity index (χ3v) is 6.94. The number of amides is 2. The maximum absolute atomic E-state index is 13.7. The van der Waals surface area contributed by atoms with E-state index in [9.17, 15) is 9.59 Å². The lowest BCUT2D eigenvalue weighted by Crippen LogP contribution is -2.45. The molecule has 6 heteroatoms. The number of piperidine rings is 1. The average molecular weight is 452 g/mol. The number of nitrogens with one attached hydrogen (secondary N) is 1. The zero-order valence-electron chi connectivity index (χ0n) is 18.9. The lowest BCUT2D eigenvalue weighted by atomic mass is 10.1. The molecule has 1 aliphatic carbocycles. The number of hydrogen-bond donors (Lipinski definition) is 1. The number of benzene rings is 2. The molecule has 2 aromatic carbocycles. The molecule has 6 rings (SSSR count). The molecule has 4 aromatic rings. The molecule has 1 aliphatic heterocycles. The molecule has 1 saturated heterocycles. The van der Waals surface area contributed by atoms with Gasteiger partial charge in [0.25, 0.3) is 11.8 Å². The van der Waals surface area contributed by atoms with E-state index in [2.05, 4.69) is 10.3 Å². The Bertz CT molecular complexity index is 1390. The summed E-state index contributed by atoms with van der Waals surface area (Å²) in [6.07, 6.45) is 3.63. The van der Waals surface area contributed by atoms with Crippen molar-refractivity contribution < 1.29 is 14.0 Å². The van der Waals surface area contributed by atoms with Crippen molar-refractivity contribution in [3.8, 4) is 11.3 Å². The van der Waals surface area contributed by atoms with Gasteiger partial charge in [-0.05, 0) is 43.9 Å². The molecule has 2 fully saturated rings. The SMILES string of the molecule is Cc1cc(C(=O)N2[C@H](CNC(=O)c3cccc4cccnc34)C[C@@H]3C[C@@H]32)c(-c2ccccc2)o1. The van der Waals surface area contributed by atoms with Crippen molar-refractivity contribution in [1.82, 2.24) is 15.2 Å². The van der Waals surface area contributed by atoms with Gasteiger partial charge in [0, 0.05) is 29.7 Å². The van der Waals surface area contributed by atoms with Gasteiger partial charge in [0.05, 0.1) is 22.7 Å². The second-order valence-corrected chi connectivity index (χ2v) is 9.22. The van der Waals surface area contributed by atoms with Crippen LogP contribution in [-0.4, -0.2) is 40.3 Å². The molecule has 3 heterocycles. The number of furan rings is 1. The highest BCUT2D eigenvalue weighted by Gasteiger charge is 2.54.